The Morgan fingerprint density at radius 3 is 2.11 bits per heavy atom. The van der Waals surface area contributed by atoms with Gasteiger partial charge in [0.1, 0.15) is 6.04 Å². The summed E-state index contributed by atoms with van der Waals surface area (Å²) in [4.78, 5) is 49.4. The average molecular weight is 510 g/mol. The van der Waals surface area contributed by atoms with Gasteiger partial charge < -0.3 is 25.0 Å². The highest BCUT2D eigenvalue weighted by Crippen LogP contribution is 2.23. The minimum Gasteiger partial charge on any atom is -0.381 e. The summed E-state index contributed by atoms with van der Waals surface area (Å²) in [5, 5.41) is 5.95. The molecule has 2 rings (SSSR count). The Kier molecular flexibility index (Phi) is 13.3. The van der Waals surface area contributed by atoms with Crippen LogP contribution < -0.4 is 10.6 Å². The Balaban J connectivity index is 1.53. The van der Waals surface area contributed by atoms with Crippen molar-refractivity contribution < 1.29 is 28.7 Å². The number of ether oxygens (including phenoxy) is 2. The van der Waals surface area contributed by atoms with Gasteiger partial charge in [0.25, 0.3) is 5.91 Å². The SMILES string of the molecule is CC(=O)NCCCOCCCCOCCCNC(=O)C(=O)C1CCC(=O)N1Cc1ccc(Cl)cc1. The van der Waals surface area contributed by atoms with Crippen LogP contribution in [0.4, 0.5) is 0 Å². The third-order valence-electron chi connectivity index (χ3n) is 5.54. The second kappa shape index (κ2) is 16.2. The van der Waals surface area contributed by atoms with Gasteiger partial charge in [-0.1, -0.05) is 23.7 Å². The molecule has 1 atom stereocenters. The number of Topliss-reactive ketones (excluding diaryl/α,β-unsaturated/α-hetero) is 1. The topological polar surface area (TPSA) is 114 Å². The number of hydrogen-bond donors (Lipinski definition) is 2. The number of benzene rings is 1. The Hall–Kier alpha value is -2.49. The Labute approximate surface area is 211 Å². The summed E-state index contributed by atoms with van der Waals surface area (Å²) in [6.07, 6.45) is 3.75. The molecular weight excluding hydrogens is 474 g/mol. The molecule has 1 saturated heterocycles. The molecule has 1 fully saturated rings. The van der Waals surface area contributed by atoms with Crippen molar-refractivity contribution >= 4 is 35.1 Å². The Morgan fingerprint density at radius 2 is 1.51 bits per heavy atom. The van der Waals surface area contributed by atoms with Crippen LogP contribution in [0.5, 0.6) is 0 Å². The monoisotopic (exact) mass is 509 g/mol. The first-order valence-electron chi connectivity index (χ1n) is 12.1. The van der Waals surface area contributed by atoms with Crippen molar-refractivity contribution in [3.63, 3.8) is 0 Å². The first-order chi connectivity index (χ1) is 16.9. The van der Waals surface area contributed by atoms with E-state index in [1.54, 1.807) is 24.3 Å². The molecule has 3 amide bonds. The summed E-state index contributed by atoms with van der Waals surface area (Å²) in [5.41, 5.74) is 0.855. The first kappa shape index (κ1) is 28.7. The molecule has 1 aliphatic heterocycles. The number of nitrogens with zero attached hydrogens (tertiary/aromatic N) is 1. The molecule has 1 unspecified atom stereocenters. The first-order valence-corrected chi connectivity index (χ1v) is 12.5. The molecular formula is C25H36ClN3O6. The lowest BCUT2D eigenvalue weighted by Gasteiger charge is -2.23. The number of carbonyl (C=O) groups excluding carboxylic acids is 4. The van der Waals surface area contributed by atoms with Gasteiger partial charge in [0.2, 0.25) is 17.6 Å². The highest BCUT2D eigenvalue weighted by molar-refractivity contribution is 6.38. The second-order valence-corrected chi connectivity index (χ2v) is 8.88. The van der Waals surface area contributed by atoms with Gasteiger partial charge in [0, 0.05) is 64.4 Å². The molecule has 35 heavy (non-hydrogen) atoms. The van der Waals surface area contributed by atoms with E-state index in [9.17, 15) is 19.2 Å². The Morgan fingerprint density at radius 1 is 0.943 bits per heavy atom. The third kappa shape index (κ3) is 11.2. The van der Waals surface area contributed by atoms with E-state index in [1.807, 2.05) is 0 Å². The molecule has 1 aromatic carbocycles. The van der Waals surface area contributed by atoms with Gasteiger partial charge in [-0.2, -0.15) is 0 Å². The minimum absolute atomic E-state index is 0.0319. The summed E-state index contributed by atoms with van der Waals surface area (Å²) in [5.74, 6) is -1.41. The zero-order valence-electron chi connectivity index (χ0n) is 20.4. The molecule has 0 aliphatic carbocycles. The van der Waals surface area contributed by atoms with E-state index >= 15 is 0 Å². The van der Waals surface area contributed by atoms with Crippen molar-refractivity contribution in [1.29, 1.82) is 0 Å². The van der Waals surface area contributed by atoms with E-state index in [1.165, 1.54) is 11.8 Å². The lowest BCUT2D eigenvalue weighted by molar-refractivity contribution is -0.143. The molecule has 1 heterocycles. The summed E-state index contributed by atoms with van der Waals surface area (Å²) in [6.45, 7) is 5.08. The minimum atomic E-state index is -0.734. The fraction of sp³-hybridized carbons (Fsp3) is 0.600. The van der Waals surface area contributed by atoms with Crippen molar-refractivity contribution in [3.05, 3.63) is 34.9 Å². The third-order valence-corrected chi connectivity index (χ3v) is 5.79. The van der Waals surface area contributed by atoms with Gasteiger partial charge in [-0.25, -0.2) is 0 Å². The van der Waals surface area contributed by atoms with Crippen LogP contribution in [0.25, 0.3) is 0 Å². The number of nitrogens with one attached hydrogen (secondary N) is 2. The zero-order chi connectivity index (χ0) is 25.5. The van der Waals surface area contributed by atoms with Gasteiger partial charge in [-0.3, -0.25) is 19.2 Å². The second-order valence-electron chi connectivity index (χ2n) is 8.44. The van der Waals surface area contributed by atoms with Crippen molar-refractivity contribution in [3.8, 4) is 0 Å². The van der Waals surface area contributed by atoms with Crippen LogP contribution in [0, 0.1) is 0 Å². The molecule has 10 heteroatoms. The van der Waals surface area contributed by atoms with Crippen LogP contribution in [0.1, 0.15) is 51.0 Å². The number of amides is 3. The molecule has 0 radical (unpaired) electrons. The smallest absolute Gasteiger partial charge is 0.289 e. The highest BCUT2D eigenvalue weighted by atomic mass is 35.5. The average Bonchev–Trinajstić information content (AvgIpc) is 3.19. The number of likely N-dealkylation sites (tertiary alicyclic amines) is 1. The molecule has 1 aromatic rings. The lowest BCUT2D eigenvalue weighted by atomic mass is 10.1. The summed E-state index contributed by atoms with van der Waals surface area (Å²) in [6, 6.07) is 6.34. The van der Waals surface area contributed by atoms with Crippen molar-refractivity contribution in [2.24, 2.45) is 0 Å². The largest absolute Gasteiger partial charge is 0.381 e. The van der Waals surface area contributed by atoms with Gasteiger partial charge >= 0.3 is 0 Å². The van der Waals surface area contributed by atoms with E-state index in [-0.39, 0.29) is 24.8 Å². The molecule has 9 nitrogen and oxygen atoms in total. The number of rotatable bonds is 17. The van der Waals surface area contributed by atoms with E-state index < -0.39 is 17.7 Å². The molecule has 2 N–H and O–H groups in total. The number of unbranched alkanes of at least 4 members (excludes halogenated alkanes) is 1. The van der Waals surface area contributed by atoms with E-state index in [2.05, 4.69) is 10.6 Å². The number of carbonyl (C=O) groups is 4. The normalized spacial score (nSPS) is 15.3. The molecule has 0 bridgehead atoms. The van der Waals surface area contributed by atoms with Crippen LogP contribution in [0.3, 0.4) is 0 Å². The summed E-state index contributed by atoms with van der Waals surface area (Å²) >= 11 is 5.90. The fourth-order valence-corrected chi connectivity index (χ4v) is 3.78. The molecule has 194 valence electrons. The van der Waals surface area contributed by atoms with Crippen LogP contribution in [-0.2, 0) is 35.2 Å². The number of halogens is 1. The fourth-order valence-electron chi connectivity index (χ4n) is 3.66. The van der Waals surface area contributed by atoms with E-state index in [4.69, 9.17) is 21.1 Å². The van der Waals surface area contributed by atoms with Crippen LogP contribution >= 0.6 is 11.6 Å². The van der Waals surface area contributed by atoms with Crippen molar-refractivity contribution in [2.75, 3.05) is 39.5 Å². The number of ketones is 1. The summed E-state index contributed by atoms with van der Waals surface area (Å²) in [7, 11) is 0. The quantitative estimate of drug-likeness (QED) is 0.246. The maximum atomic E-state index is 12.6. The zero-order valence-corrected chi connectivity index (χ0v) is 21.1. The van der Waals surface area contributed by atoms with Crippen LogP contribution in [-0.4, -0.2) is 74.0 Å². The predicted octanol–water partition coefficient (Wildman–Crippen LogP) is 2.25. The molecule has 0 spiro atoms. The molecule has 1 aliphatic rings. The van der Waals surface area contributed by atoms with Gasteiger partial charge in [-0.15, -0.1) is 0 Å². The van der Waals surface area contributed by atoms with Gasteiger partial charge in [0.05, 0.1) is 0 Å². The van der Waals surface area contributed by atoms with Gasteiger partial charge in [0.15, 0.2) is 0 Å². The molecule has 0 saturated carbocycles. The van der Waals surface area contributed by atoms with Gasteiger partial charge in [-0.05, 0) is 49.8 Å². The maximum Gasteiger partial charge on any atom is 0.289 e. The molecule has 0 aromatic heterocycles. The lowest BCUT2D eigenvalue weighted by Crippen LogP contribution is -2.45. The van der Waals surface area contributed by atoms with Crippen LogP contribution in [0.15, 0.2) is 24.3 Å². The van der Waals surface area contributed by atoms with Crippen LogP contribution in [0.2, 0.25) is 5.02 Å². The summed E-state index contributed by atoms with van der Waals surface area (Å²) < 4.78 is 11.0. The van der Waals surface area contributed by atoms with Crippen molar-refractivity contribution in [1.82, 2.24) is 15.5 Å². The highest BCUT2D eigenvalue weighted by Gasteiger charge is 2.38. The standard InChI is InChI=1S/C25H36ClN3O6/c1-19(30)27-12-4-16-34-14-2-3-15-35-17-5-13-28-25(33)24(32)22-10-11-23(31)29(22)18-20-6-8-21(26)9-7-20/h6-9,22H,2-5,10-18H2,1H3,(H,27,30)(H,28,33). The van der Waals surface area contributed by atoms with E-state index in [0.717, 1.165) is 24.8 Å². The predicted molar refractivity (Wildman–Crippen MR) is 132 cm³/mol. The number of hydrogen-bond acceptors (Lipinski definition) is 6. The van der Waals surface area contributed by atoms with E-state index in [0.29, 0.717) is 57.4 Å². The maximum absolute atomic E-state index is 12.6. The Bertz CT molecular complexity index is 833. The van der Waals surface area contributed by atoms with Crippen molar-refractivity contribution in [2.45, 2.75) is 58.0 Å².